The highest BCUT2D eigenvalue weighted by molar-refractivity contribution is 7.89. The molecular formula is C15H16N2O2S2. The minimum absolute atomic E-state index is 0.0227. The molecule has 0 aliphatic rings. The summed E-state index contributed by atoms with van der Waals surface area (Å²) < 4.78 is 27.3. The van der Waals surface area contributed by atoms with Crippen LogP contribution in [0.2, 0.25) is 0 Å². The van der Waals surface area contributed by atoms with Crippen LogP contribution in [-0.4, -0.2) is 15.0 Å². The maximum Gasteiger partial charge on any atom is 0.241 e. The van der Waals surface area contributed by atoms with Gasteiger partial charge in [-0.2, -0.15) is 5.26 Å². The smallest absolute Gasteiger partial charge is 0.210 e. The fraction of sp³-hybridized carbons (Fsp3) is 0.267. The standard InChI is InChI=1S/C15H16N2O2S2/c1-15(2,14-8-5-9-20-14)11-17-21(18,19)13-7-4-3-6-12(13)10-16/h3-9,17H,11H2,1-2H3. The Balaban J connectivity index is 2.21. The van der Waals surface area contributed by atoms with Crippen molar-refractivity contribution in [2.75, 3.05) is 6.54 Å². The Morgan fingerprint density at radius 2 is 1.95 bits per heavy atom. The van der Waals surface area contributed by atoms with Crippen LogP contribution in [0.3, 0.4) is 0 Å². The van der Waals surface area contributed by atoms with Crippen LogP contribution in [0, 0.1) is 11.3 Å². The first-order chi connectivity index (χ1) is 9.87. The van der Waals surface area contributed by atoms with Crippen LogP contribution in [0.25, 0.3) is 0 Å². The van der Waals surface area contributed by atoms with Crippen molar-refractivity contribution in [3.05, 3.63) is 52.2 Å². The summed E-state index contributed by atoms with van der Waals surface area (Å²) >= 11 is 1.60. The third-order valence-electron chi connectivity index (χ3n) is 3.19. The lowest BCUT2D eigenvalue weighted by Crippen LogP contribution is -2.36. The van der Waals surface area contributed by atoms with Crippen molar-refractivity contribution in [2.24, 2.45) is 0 Å². The van der Waals surface area contributed by atoms with Crippen molar-refractivity contribution >= 4 is 21.4 Å². The molecule has 1 heterocycles. The number of hydrogen-bond acceptors (Lipinski definition) is 4. The average Bonchev–Trinajstić information content (AvgIpc) is 3.00. The van der Waals surface area contributed by atoms with E-state index in [-0.39, 0.29) is 22.4 Å². The third-order valence-corrected chi connectivity index (χ3v) is 5.88. The molecule has 0 unspecified atom stereocenters. The van der Waals surface area contributed by atoms with Gasteiger partial charge in [-0.15, -0.1) is 11.3 Å². The molecule has 0 radical (unpaired) electrons. The van der Waals surface area contributed by atoms with E-state index < -0.39 is 10.0 Å². The highest BCUT2D eigenvalue weighted by Crippen LogP contribution is 2.27. The molecule has 0 bridgehead atoms. The molecule has 0 saturated carbocycles. The summed E-state index contributed by atoms with van der Waals surface area (Å²) in [6.45, 7) is 4.24. The predicted molar refractivity (Wildman–Crippen MR) is 83.7 cm³/mol. The van der Waals surface area contributed by atoms with Crippen LogP contribution in [-0.2, 0) is 15.4 Å². The molecule has 0 spiro atoms. The molecule has 0 atom stereocenters. The highest BCUT2D eigenvalue weighted by Gasteiger charge is 2.26. The SMILES string of the molecule is CC(C)(CNS(=O)(=O)c1ccccc1C#N)c1cccs1. The minimum atomic E-state index is -3.70. The Hall–Kier alpha value is -1.68. The van der Waals surface area contributed by atoms with E-state index in [2.05, 4.69) is 4.72 Å². The number of hydrogen-bond donors (Lipinski definition) is 1. The molecule has 2 rings (SSSR count). The zero-order valence-corrected chi connectivity index (χ0v) is 13.5. The Kier molecular flexibility index (Phi) is 4.47. The molecule has 2 aromatic rings. The number of sulfonamides is 1. The van der Waals surface area contributed by atoms with Crippen molar-refractivity contribution < 1.29 is 8.42 Å². The Morgan fingerprint density at radius 3 is 2.57 bits per heavy atom. The summed E-state index contributed by atoms with van der Waals surface area (Å²) in [4.78, 5) is 1.13. The first-order valence-electron chi connectivity index (χ1n) is 6.39. The average molecular weight is 320 g/mol. The van der Waals surface area contributed by atoms with Crippen LogP contribution in [0.15, 0.2) is 46.7 Å². The van der Waals surface area contributed by atoms with Gasteiger partial charge in [-0.05, 0) is 23.6 Å². The molecule has 21 heavy (non-hydrogen) atoms. The lowest BCUT2D eigenvalue weighted by atomic mass is 9.92. The number of benzene rings is 1. The second-order valence-electron chi connectivity index (χ2n) is 5.29. The first kappa shape index (κ1) is 15.7. The van der Waals surface area contributed by atoms with E-state index in [0.717, 1.165) is 4.88 Å². The molecule has 6 heteroatoms. The Bertz CT molecular complexity index is 757. The molecule has 0 fully saturated rings. The van der Waals surface area contributed by atoms with E-state index in [4.69, 9.17) is 5.26 Å². The number of thiophene rings is 1. The minimum Gasteiger partial charge on any atom is -0.210 e. The third kappa shape index (κ3) is 3.50. The van der Waals surface area contributed by atoms with Gasteiger partial charge in [0.2, 0.25) is 10.0 Å². The van der Waals surface area contributed by atoms with Crippen LogP contribution >= 0.6 is 11.3 Å². The second kappa shape index (κ2) is 5.98. The fourth-order valence-corrected chi connectivity index (χ4v) is 4.12. The summed E-state index contributed by atoms with van der Waals surface area (Å²) in [5.41, 5.74) is -0.151. The lowest BCUT2D eigenvalue weighted by molar-refractivity contribution is 0.509. The van der Waals surface area contributed by atoms with E-state index in [1.807, 2.05) is 37.4 Å². The maximum atomic E-state index is 12.4. The first-order valence-corrected chi connectivity index (χ1v) is 8.76. The van der Waals surface area contributed by atoms with Gasteiger partial charge in [0.1, 0.15) is 6.07 Å². The van der Waals surface area contributed by atoms with Gasteiger partial charge in [0.05, 0.1) is 10.5 Å². The largest absolute Gasteiger partial charge is 0.241 e. The topological polar surface area (TPSA) is 70.0 Å². The molecule has 1 N–H and O–H groups in total. The zero-order valence-electron chi connectivity index (χ0n) is 11.8. The van der Waals surface area contributed by atoms with E-state index in [0.29, 0.717) is 0 Å². The summed E-state index contributed by atoms with van der Waals surface area (Å²) in [6, 6.07) is 12.0. The van der Waals surface area contributed by atoms with Gasteiger partial charge >= 0.3 is 0 Å². The van der Waals surface area contributed by atoms with Crippen LogP contribution in [0.1, 0.15) is 24.3 Å². The van der Waals surface area contributed by atoms with E-state index in [1.165, 1.54) is 12.1 Å². The molecule has 0 aliphatic heterocycles. The quantitative estimate of drug-likeness (QED) is 0.921. The predicted octanol–water partition coefficient (Wildman–Crippen LogP) is 2.88. The summed E-state index contributed by atoms with van der Waals surface area (Å²) in [5.74, 6) is 0. The van der Waals surface area contributed by atoms with Gasteiger partial charge in [-0.1, -0.05) is 32.0 Å². The highest BCUT2D eigenvalue weighted by atomic mass is 32.2. The fourth-order valence-electron chi connectivity index (χ4n) is 1.90. The van der Waals surface area contributed by atoms with Crippen molar-refractivity contribution in [1.82, 2.24) is 4.72 Å². The molecule has 0 saturated heterocycles. The van der Waals surface area contributed by atoms with Crippen molar-refractivity contribution in [1.29, 1.82) is 5.26 Å². The van der Waals surface area contributed by atoms with E-state index >= 15 is 0 Å². The summed E-state index contributed by atoms with van der Waals surface area (Å²) in [5, 5.41) is 11.0. The molecule has 1 aromatic heterocycles. The Morgan fingerprint density at radius 1 is 1.24 bits per heavy atom. The maximum absolute atomic E-state index is 12.4. The van der Waals surface area contributed by atoms with Gasteiger partial charge in [0.15, 0.2) is 0 Å². The van der Waals surface area contributed by atoms with Crippen molar-refractivity contribution in [3.8, 4) is 6.07 Å². The number of nitriles is 1. The van der Waals surface area contributed by atoms with E-state index in [1.54, 1.807) is 23.5 Å². The molecule has 0 aliphatic carbocycles. The van der Waals surface area contributed by atoms with Gasteiger partial charge in [0, 0.05) is 16.8 Å². The van der Waals surface area contributed by atoms with E-state index in [9.17, 15) is 8.42 Å². The van der Waals surface area contributed by atoms with Gasteiger partial charge in [0.25, 0.3) is 0 Å². The van der Waals surface area contributed by atoms with Gasteiger partial charge in [-0.25, -0.2) is 13.1 Å². The van der Waals surface area contributed by atoms with Crippen LogP contribution < -0.4 is 4.72 Å². The Labute approximate surface area is 129 Å². The monoisotopic (exact) mass is 320 g/mol. The summed E-state index contributed by atoms with van der Waals surface area (Å²) in [6.07, 6.45) is 0. The lowest BCUT2D eigenvalue weighted by Gasteiger charge is -2.23. The van der Waals surface area contributed by atoms with Gasteiger partial charge < -0.3 is 0 Å². The number of nitrogens with zero attached hydrogens (tertiary/aromatic N) is 1. The van der Waals surface area contributed by atoms with Crippen molar-refractivity contribution in [3.63, 3.8) is 0 Å². The normalized spacial score (nSPS) is 12.0. The second-order valence-corrected chi connectivity index (χ2v) is 7.98. The zero-order chi connectivity index (χ0) is 15.5. The number of nitrogens with one attached hydrogen (secondary N) is 1. The molecule has 110 valence electrons. The van der Waals surface area contributed by atoms with Gasteiger partial charge in [-0.3, -0.25) is 0 Å². The summed E-state index contributed by atoms with van der Waals surface area (Å²) in [7, 11) is -3.70. The molecular weight excluding hydrogens is 304 g/mol. The van der Waals surface area contributed by atoms with Crippen LogP contribution in [0.4, 0.5) is 0 Å². The molecule has 0 amide bonds. The van der Waals surface area contributed by atoms with Crippen LogP contribution in [0.5, 0.6) is 0 Å². The van der Waals surface area contributed by atoms with Crippen molar-refractivity contribution in [2.45, 2.75) is 24.2 Å². The molecule has 1 aromatic carbocycles. The number of rotatable bonds is 5. The molecule has 4 nitrogen and oxygen atoms in total.